The molecule has 5 nitrogen and oxygen atoms in total. The summed E-state index contributed by atoms with van der Waals surface area (Å²) in [7, 11) is 0. The van der Waals surface area contributed by atoms with Crippen molar-refractivity contribution < 1.29 is 14.3 Å². The highest BCUT2D eigenvalue weighted by Crippen LogP contribution is 2.30. The summed E-state index contributed by atoms with van der Waals surface area (Å²) >= 11 is 3.47. The molecule has 0 aliphatic carbocycles. The van der Waals surface area contributed by atoms with Crippen molar-refractivity contribution in [3.05, 3.63) is 82.1 Å². The normalized spacial score (nSPS) is 11.9. The van der Waals surface area contributed by atoms with Crippen LogP contribution in [0.3, 0.4) is 0 Å². The van der Waals surface area contributed by atoms with Crippen molar-refractivity contribution in [3.8, 4) is 11.5 Å². The fourth-order valence-corrected chi connectivity index (χ4v) is 3.63. The summed E-state index contributed by atoms with van der Waals surface area (Å²) in [5.41, 5.74) is 2.79. The van der Waals surface area contributed by atoms with Gasteiger partial charge in [0.25, 0.3) is 5.91 Å². The number of aryl methyl sites for hydroxylation is 1. The van der Waals surface area contributed by atoms with Gasteiger partial charge in [0.15, 0.2) is 0 Å². The quantitative estimate of drug-likeness (QED) is 0.395. The Labute approximate surface area is 191 Å². The van der Waals surface area contributed by atoms with E-state index in [9.17, 15) is 4.79 Å². The van der Waals surface area contributed by atoms with E-state index in [1.165, 1.54) is 0 Å². The number of amides is 1. The molecule has 0 aliphatic rings. The summed E-state index contributed by atoms with van der Waals surface area (Å²) in [5.74, 6) is 1.13. The first kappa shape index (κ1) is 23.0. The highest BCUT2D eigenvalue weighted by Gasteiger charge is 2.14. The van der Waals surface area contributed by atoms with Gasteiger partial charge in [0.05, 0.1) is 27.9 Å². The molecule has 31 heavy (non-hydrogen) atoms. The molecule has 0 saturated carbocycles. The van der Waals surface area contributed by atoms with E-state index in [4.69, 9.17) is 9.47 Å². The number of anilines is 1. The Morgan fingerprint density at radius 1 is 1.06 bits per heavy atom. The van der Waals surface area contributed by atoms with Gasteiger partial charge >= 0.3 is 0 Å². The minimum atomic E-state index is -0.207. The molecule has 1 heterocycles. The van der Waals surface area contributed by atoms with Crippen molar-refractivity contribution in [2.24, 2.45) is 0 Å². The van der Waals surface area contributed by atoms with Crippen molar-refractivity contribution in [1.82, 2.24) is 4.98 Å². The van der Waals surface area contributed by atoms with Crippen LogP contribution in [0.5, 0.6) is 11.5 Å². The summed E-state index contributed by atoms with van der Waals surface area (Å²) in [6, 6.07) is 18.6. The molecular weight excluding hydrogens is 456 g/mol. The number of nitrogens with one attached hydrogen (secondary N) is 1. The van der Waals surface area contributed by atoms with Crippen LogP contribution in [0.2, 0.25) is 0 Å². The van der Waals surface area contributed by atoms with Crippen molar-refractivity contribution >= 4 is 27.5 Å². The predicted octanol–water partition coefficient (Wildman–Crippen LogP) is 6.55. The van der Waals surface area contributed by atoms with E-state index in [1.54, 1.807) is 6.07 Å². The third-order valence-electron chi connectivity index (χ3n) is 4.55. The van der Waals surface area contributed by atoms with Crippen LogP contribution in [0.1, 0.15) is 42.5 Å². The van der Waals surface area contributed by atoms with Crippen molar-refractivity contribution in [1.29, 1.82) is 0 Å². The van der Waals surface area contributed by atoms with Crippen molar-refractivity contribution in [3.63, 3.8) is 0 Å². The summed E-state index contributed by atoms with van der Waals surface area (Å²) in [4.78, 5) is 17.4. The van der Waals surface area contributed by atoms with Gasteiger partial charge in [0.1, 0.15) is 11.5 Å². The molecule has 1 unspecified atom stereocenters. The molecule has 0 radical (unpaired) electrons. The number of carbonyl (C=O) groups is 1. The zero-order valence-corrected chi connectivity index (χ0v) is 19.8. The van der Waals surface area contributed by atoms with Crippen LogP contribution in [0, 0.1) is 6.92 Å². The van der Waals surface area contributed by atoms with Crippen LogP contribution in [-0.2, 0) is 11.2 Å². The largest absolute Gasteiger partial charge is 0.456 e. The number of ether oxygens (including phenoxy) is 2. The highest BCUT2D eigenvalue weighted by molar-refractivity contribution is 9.10. The number of halogens is 1. The van der Waals surface area contributed by atoms with Gasteiger partial charge in [-0.15, -0.1) is 0 Å². The lowest BCUT2D eigenvalue weighted by Gasteiger charge is -2.16. The van der Waals surface area contributed by atoms with Gasteiger partial charge in [-0.1, -0.05) is 18.2 Å². The van der Waals surface area contributed by atoms with E-state index >= 15 is 0 Å². The third-order valence-corrected chi connectivity index (χ3v) is 5.20. The lowest BCUT2D eigenvalue weighted by molar-refractivity contribution is 0.0190. The molecule has 162 valence electrons. The van der Waals surface area contributed by atoms with Gasteiger partial charge in [-0.3, -0.25) is 9.78 Å². The minimum Gasteiger partial charge on any atom is -0.456 e. The molecule has 0 aliphatic heterocycles. The fourth-order valence-electron chi connectivity index (χ4n) is 3.26. The number of hydrogen-bond acceptors (Lipinski definition) is 4. The van der Waals surface area contributed by atoms with Gasteiger partial charge in [0, 0.05) is 23.9 Å². The average Bonchev–Trinajstić information content (AvgIpc) is 2.69. The fraction of sp³-hybridized carbons (Fsp3) is 0.280. The van der Waals surface area contributed by atoms with Crippen LogP contribution in [0.25, 0.3) is 0 Å². The maximum atomic E-state index is 12.8. The molecular formula is C25H27BrN2O3. The van der Waals surface area contributed by atoms with Crippen molar-refractivity contribution in [2.45, 2.75) is 46.3 Å². The van der Waals surface area contributed by atoms with E-state index in [-0.39, 0.29) is 18.1 Å². The Morgan fingerprint density at radius 3 is 2.55 bits per heavy atom. The summed E-state index contributed by atoms with van der Waals surface area (Å²) in [5, 5.41) is 2.93. The Morgan fingerprint density at radius 2 is 1.84 bits per heavy atom. The number of carbonyl (C=O) groups excluding carboxylic acids is 1. The molecule has 0 fully saturated rings. The topological polar surface area (TPSA) is 60.5 Å². The van der Waals surface area contributed by atoms with Crippen molar-refractivity contribution in [2.75, 3.05) is 5.32 Å². The van der Waals surface area contributed by atoms with Crippen LogP contribution in [0.15, 0.2) is 65.1 Å². The molecule has 0 spiro atoms. The minimum absolute atomic E-state index is 0.0685. The molecule has 2 aromatic carbocycles. The maximum Gasteiger partial charge on any atom is 0.257 e. The van der Waals surface area contributed by atoms with E-state index in [0.717, 1.165) is 10.2 Å². The maximum absolute atomic E-state index is 12.8. The summed E-state index contributed by atoms with van der Waals surface area (Å²) < 4.78 is 12.6. The Kier molecular flexibility index (Phi) is 7.82. The van der Waals surface area contributed by atoms with E-state index in [0.29, 0.717) is 34.9 Å². The number of benzene rings is 2. The molecule has 0 bridgehead atoms. The van der Waals surface area contributed by atoms with Gasteiger partial charge < -0.3 is 14.8 Å². The summed E-state index contributed by atoms with van der Waals surface area (Å²) in [6.07, 6.45) is 0.942. The Balaban J connectivity index is 1.68. The summed E-state index contributed by atoms with van der Waals surface area (Å²) in [6.45, 7) is 7.90. The van der Waals surface area contributed by atoms with Crippen LogP contribution in [-0.4, -0.2) is 23.1 Å². The monoisotopic (exact) mass is 482 g/mol. The zero-order valence-electron chi connectivity index (χ0n) is 18.2. The zero-order chi connectivity index (χ0) is 22.4. The first-order chi connectivity index (χ1) is 14.8. The van der Waals surface area contributed by atoms with Gasteiger partial charge in [-0.2, -0.15) is 0 Å². The van der Waals surface area contributed by atoms with Crippen LogP contribution < -0.4 is 10.1 Å². The van der Waals surface area contributed by atoms with E-state index in [1.807, 2.05) is 82.3 Å². The Hall–Kier alpha value is -2.70. The first-order valence-corrected chi connectivity index (χ1v) is 11.1. The molecule has 1 N–H and O–H groups in total. The lowest BCUT2D eigenvalue weighted by Crippen LogP contribution is -2.18. The van der Waals surface area contributed by atoms with Gasteiger partial charge in [0.2, 0.25) is 0 Å². The Bertz CT molecular complexity index is 1050. The molecule has 0 saturated heterocycles. The smallest absolute Gasteiger partial charge is 0.257 e. The van der Waals surface area contributed by atoms with E-state index < -0.39 is 0 Å². The SMILES string of the molecule is Cc1nc(CC(C)OC(C)C)ccc1C(=O)Nc1cccc(Oc2ccccc2Br)c1. The number of rotatable bonds is 8. The van der Waals surface area contributed by atoms with E-state index in [2.05, 4.69) is 26.2 Å². The number of hydrogen-bond donors (Lipinski definition) is 1. The molecule has 1 aromatic heterocycles. The number of aromatic nitrogens is 1. The highest BCUT2D eigenvalue weighted by atomic mass is 79.9. The molecule has 3 aromatic rings. The predicted molar refractivity (Wildman–Crippen MR) is 127 cm³/mol. The first-order valence-electron chi connectivity index (χ1n) is 10.3. The average molecular weight is 483 g/mol. The number of para-hydroxylation sites is 1. The van der Waals surface area contributed by atoms with Gasteiger partial charge in [-0.25, -0.2) is 0 Å². The van der Waals surface area contributed by atoms with Gasteiger partial charge in [-0.05, 0) is 80.0 Å². The molecule has 3 rings (SSSR count). The molecule has 1 atom stereocenters. The standard InChI is InChI=1S/C25H27BrN2O3/c1-16(2)30-17(3)14-20-12-13-22(18(4)27-20)25(29)28-19-8-7-9-21(15-19)31-24-11-6-5-10-23(24)26/h5-13,15-17H,14H2,1-4H3,(H,28,29). The van der Waals surface area contributed by atoms with Crippen LogP contribution >= 0.6 is 15.9 Å². The molecule has 1 amide bonds. The van der Waals surface area contributed by atoms with Crippen LogP contribution in [0.4, 0.5) is 5.69 Å². The second-order valence-corrected chi connectivity index (χ2v) is 8.50. The molecule has 6 heteroatoms. The number of pyridine rings is 1. The second kappa shape index (κ2) is 10.6. The number of nitrogens with zero attached hydrogens (tertiary/aromatic N) is 1. The second-order valence-electron chi connectivity index (χ2n) is 7.65. The third kappa shape index (κ3) is 6.64. The lowest BCUT2D eigenvalue weighted by atomic mass is 10.1.